The van der Waals surface area contributed by atoms with Crippen LogP contribution in [-0.2, 0) is 0 Å². The molecule has 0 N–H and O–H groups in total. The molecule has 3 rings (SSSR count). The average Bonchev–Trinajstić information content (AvgIpc) is 3.06. The third-order valence-electron chi connectivity index (χ3n) is 2.95. The summed E-state index contributed by atoms with van der Waals surface area (Å²) in [7, 11) is 0. The van der Waals surface area contributed by atoms with Crippen LogP contribution in [0.25, 0.3) is 0 Å². The Morgan fingerprint density at radius 1 is 1.21 bits per heavy atom. The van der Waals surface area contributed by atoms with E-state index in [0.29, 0.717) is 27.5 Å². The van der Waals surface area contributed by atoms with Crippen molar-refractivity contribution in [3.05, 3.63) is 59.9 Å². The Morgan fingerprint density at radius 2 is 2.00 bits per heavy atom. The first-order valence-electron chi connectivity index (χ1n) is 6.93. The normalized spacial score (nSPS) is 11.7. The summed E-state index contributed by atoms with van der Waals surface area (Å²) in [6, 6.07) is 11.0. The number of pyridine rings is 1. The zero-order valence-electron chi connectivity index (χ0n) is 12.5. The number of hydrogen-bond donors (Lipinski definition) is 0. The lowest BCUT2D eigenvalue weighted by atomic mass is 10.3. The molecule has 0 amide bonds. The Hall–Kier alpha value is -2.92. The summed E-state index contributed by atoms with van der Waals surface area (Å²) in [6.07, 6.45) is 0.992. The minimum absolute atomic E-state index is 0.301. The average molecular weight is 342 g/mol. The number of ether oxygens (including phenoxy) is 1. The van der Waals surface area contributed by atoms with Gasteiger partial charge in [0.25, 0.3) is 11.1 Å². The molecule has 120 valence electrons. The van der Waals surface area contributed by atoms with E-state index in [1.807, 2.05) is 6.07 Å². The molecule has 24 heavy (non-hydrogen) atoms. The van der Waals surface area contributed by atoms with E-state index >= 15 is 0 Å². The molecule has 0 aliphatic heterocycles. The third kappa shape index (κ3) is 3.88. The van der Waals surface area contributed by atoms with Crippen LogP contribution < -0.4 is 4.74 Å². The van der Waals surface area contributed by atoms with Crippen molar-refractivity contribution in [2.75, 3.05) is 0 Å². The van der Waals surface area contributed by atoms with E-state index in [0.717, 1.165) is 0 Å². The van der Waals surface area contributed by atoms with Crippen LogP contribution in [0.2, 0.25) is 0 Å². The Balaban J connectivity index is 1.65. The first kappa shape index (κ1) is 16.0. The lowest BCUT2D eigenvalue weighted by molar-refractivity contribution is 0.181. The standard InChI is InChI=1S/C16H11FN4O2S/c1-10(22-13-5-3-12(17)4-6-13)15-20-21-16(23-15)24-14-7-2-11(8-18)9-19-14/h2-7,9-10H,1H3. The minimum atomic E-state index is -0.480. The summed E-state index contributed by atoms with van der Waals surface area (Å²) in [5.41, 5.74) is 0.479. The molecule has 0 spiro atoms. The van der Waals surface area contributed by atoms with Gasteiger partial charge in [-0.1, -0.05) is 0 Å². The maximum atomic E-state index is 12.9. The van der Waals surface area contributed by atoms with Gasteiger partial charge in [-0.3, -0.25) is 0 Å². The van der Waals surface area contributed by atoms with Crippen LogP contribution in [-0.4, -0.2) is 15.2 Å². The zero-order chi connectivity index (χ0) is 16.9. The van der Waals surface area contributed by atoms with Crippen molar-refractivity contribution >= 4 is 11.8 Å². The predicted molar refractivity (Wildman–Crippen MR) is 82.8 cm³/mol. The van der Waals surface area contributed by atoms with Gasteiger partial charge in [0.2, 0.25) is 0 Å². The number of aromatic nitrogens is 3. The van der Waals surface area contributed by atoms with Gasteiger partial charge in [0.1, 0.15) is 22.7 Å². The molecule has 0 fully saturated rings. The molecule has 0 aliphatic carbocycles. The summed E-state index contributed by atoms with van der Waals surface area (Å²) in [4.78, 5) is 4.12. The molecule has 6 nitrogen and oxygen atoms in total. The second-order valence-electron chi connectivity index (χ2n) is 4.72. The molecule has 0 aliphatic rings. The van der Waals surface area contributed by atoms with Crippen molar-refractivity contribution in [3.8, 4) is 11.8 Å². The maximum Gasteiger partial charge on any atom is 0.283 e. The second-order valence-corrected chi connectivity index (χ2v) is 5.69. The van der Waals surface area contributed by atoms with Crippen molar-refractivity contribution in [3.63, 3.8) is 0 Å². The lowest BCUT2D eigenvalue weighted by Crippen LogP contribution is -2.03. The molecular weight excluding hydrogens is 331 g/mol. The highest BCUT2D eigenvalue weighted by atomic mass is 32.2. The van der Waals surface area contributed by atoms with E-state index in [9.17, 15) is 4.39 Å². The fourth-order valence-corrected chi connectivity index (χ4v) is 2.42. The molecule has 1 aromatic carbocycles. The predicted octanol–water partition coefficient (Wildman–Crippen LogP) is 3.77. The first-order valence-corrected chi connectivity index (χ1v) is 7.75. The van der Waals surface area contributed by atoms with Gasteiger partial charge in [-0.05, 0) is 55.1 Å². The molecule has 2 aromatic heterocycles. The van der Waals surface area contributed by atoms with E-state index in [2.05, 4.69) is 15.2 Å². The van der Waals surface area contributed by atoms with Gasteiger partial charge in [0.05, 0.1) is 5.56 Å². The Kier molecular flexibility index (Phi) is 4.72. The summed E-state index contributed by atoms with van der Waals surface area (Å²) in [5.74, 6) is 0.474. The van der Waals surface area contributed by atoms with Crippen molar-refractivity contribution in [1.82, 2.24) is 15.2 Å². The number of nitrogens with zero attached hydrogens (tertiary/aromatic N) is 4. The molecule has 8 heteroatoms. The maximum absolute atomic E-state index is 12.9. The summed E-state index contributed by atoms with van der Waals surface area (Å²) >= 11 is 1.19. The minimum Gasteiger partial charge on any atom is -0.481 e. The van der Waals surface area contributed by atoms with Crippen molar-refractivity contribution in [2.24, 2.45) is 0 Å². The zero-order valence-corrected chi connectivity index (χ0v) is 13.3. The van der Waals surface area contributed by atoms with Crippen LogP contribution in [0.4, 0.5) is 4.39 Å². The van der Waals surface area contributed by atoms with Crippen molar-refractivity contribution in [2.45, 2.75) is 23.3 Å². The fourth-order valence-electron chi connectivity index (χ4n) is 1.79. The Bertz CT molecular complexity index is 859. The molecule has 1 unspecified atom stereocenters. The van der Waals surface area contributed by atoms with Gasteiger partial charge in [-0.25, -0.2) is 9.37 Å². The third-order valence-corrected chi connectivity index (χ3v) is 3.74. The number of rotatable bonds is 5. The van der Waals surface area contributed by atoms with Gasteiger partial charge >= 0.3 is 0 Å². The first-order chi connectivity index (χ1) is 11.6. The number of halogens is 1. The van der Waals surface area contributed by atoms with Crippen LogP contribution in [0.15, 0.2) is 57.3 Å². The SMILES string of the molecule is CC(Oc1ccc(F)cc1)c1nnc(Sc2ccc(C#N)cn2)o1. The second kappa shape index (κ2) is 7.10. The molecule has 0 radical (unpaired) electrons. The fraction of sp³-hybridized carbons (Fsp3) is 0.125. The van der Waals surface area contributed by atoms with E-state index in [4.69, 9.17) is 14.4 Å². The monoisotopic (exact) mass is 342 g/mol. The molecule has 0 bridgehead atoms. The Labute approximate surface area is 141 Å². The highest BCUT2D eigenvalue weighted by Crippen LogP contribution is 2.27. The summed E-state index contributed by atoms with van der Waals surface area (Å²) in [6.45, 7) is 1.76. The van der Waals surface area contributed by atoms with Crippen LogP contribution in [0.5, 0.6) is 5.75 Å². The highest BCUT2D eigenvalue weighted by molar-refractivity contribution is 7.99. The number of benzene rings is 1. The van der Waals surface area contributed by atoms with E-state index in [1.165, 1.54) is 42.2 Å². The molecule has 0 saturated heterocycles. The van der Waals surface area contributed by atoms with Gasteiger partial charge in [0.15, 0.2) is 6.10 Å². The smallest absolute Gasteiger partial charge is 0.283 e. The van der Waals surface area contributed by atoms with Crippen molar-refractivity contribution < 1.29 is 13.5 Å². The number of hydrogen-bond acceptors (Lipinski definition) is 7. The summed E-state index contributed by atoms with van der Waals surface area (Å²) in [5, 5.41) is 17.6. The quantitative estimate of drug-likeness (QED) is 0.697. The van der Waals surface area contributed by atoms with Gasteiger partial charge < -0.3 is 9.15 Å². The van der Waals surface area contributed by atoms with Crippen LogP contribution >= 0.6 is 11.8 Å². The molecule has 2 heterocycles. The van der Waals surface area contributed by atoms with Gasteiger partial charge in [-0.2, -0.15) is 5.26 Å². The van der Waals surface area contributed by atoms with Crippen LogP contribution in [0, 0.1) is 17.1 Å². The van der Waals surface area contributed by atoms with Gasteiger partial charge in [0, 0.05) is 6.20 Å². The summed E-state index contributed by atoms with van der Waals surface area (Å²) < 4.78 is 24.0. The van der Waals surface area contributed by atoms with Crippen LogP contribution in [0.1, 0.15) is 24.5 Å². The highest BCUT2D eigenvalue weighted by Gasteiger charge is 2.16. The molecule has 1 atom stereocenters. The van der Waals surface area contributed by atoms with E-state index in [-0.39, 0.29) is 5.82 Å². The van der Waals surface area contributed by atoms with Crippen molar-refractivity contribution in [1.29, 1.82) is 5.26 Å². The largest absolute Gasteiger partial charge is 0.481 e. The lowest BCUT2D eigenvalue weighted by Gasteiger charge is -2.10. The van der Waals surface area contributed by atoms with E-state index < -0.39 is 6.10 Å². The van der Waals surface area contributed by atoms with Crippen LogP contribution in [0.3, 0.4) is 0 Å². The molecular formula is C16H11FN4O2S. The van der Waals surface area contributed by atoms with E-state index in [1.54, 1.807) is 19.1 Å². The van der Waals surface area contributed by atoms with Gasteiger partial charge in [-0.15, -0.1) is 10.2 Å². The molecule has 0 saturated carbocycles. The topological polar surface area (TPSA) is 84.8 Å². The Morgan fingerprint density at radius 3 is 2.67 bits per heavy atom. The number of nitriles is 1. The molecule has 3 aromatic rings.